The number of nitrogens with one attached hydrogen (secondary N) is 1. The number of benzene rings is 1. The van der Waals surface area contributed by atoms with Crippen LogP contribution in [-0.4, -0.2) is 28.5 Å². The molecule has 1 saturated heterocycles. The van der Waals surface area contributed by atoms with Gasteiger partial charge in [0.1, 0.15) is 12.3 Å². The molecule has 26 heavy (non-hydrogen) atoms. The number of imide groups is 1. The molecule has 1 aromatic heterocycles. The van der Waals surface area contributed by atoms with Gasteiger partial charge < -0.3 is 9.73 Å². The van der Waals surface area contributed by atoms with Crippen molar-refractivity contribution >= 4 is 84.0 Å². The lowest BCUT2D eigenvalue weighted by Gasteiger charge is -2.13. The third-order valence-electron chi connectivity index (χ3n) is 3.26. The molecule has 0 radical (unpaired) electrons. The van der Waals surface area contributed by atoms with Crippen molar-refractivity contribution in [2.24, 2.45) is 0 Å². The van der Waals surface area contributed by atoms with Crippen LogP contribution in [0.15, 0.2) is 48.8 Å². The molecule has 1 aliphatic heterocycles. The van der Waals surface area contributed by atoms with E-state index in [4.69, 9.17) is 16.0 Å². The van der Waals surface area contributed by atoms with Gasteiger partial charge >= 0.3 is 0 Å². The van der Waals surface area contributed by atoms with Crippen molar-refractivity contribution in [3.05, 3.63) is 55.2 Å². The van der Waals surface area contributed by atoms with E-state index in [-0.39, 0.29) is 4.91 Å². The van der Waals surface area contributed by atoms with Crippen LogP contribution in [0.4, 0.5) is 10.5 Å². The Bertz CT molecular complexity index is 925. The number of carbonyl (C=O) groups excluding carboxylic acids is 3. The summed E-state index contributed by atoms with van der Waals surface area (Å²) >= 11 is 13.2. The Balaban J connectivity index is 1.71. The van der Waals surface area contributed by atoms with E-state index in [1.807, 2.05) is 0 Å². The number of halogens is 3. The predicted molar refractivity (Wildman–Crippen MR) is 107 cm³/mol. The Morgan fingerprint density at radius 1 is 1.31 bits per heavy atom. The molecule has 3 rings (SSSR count). The van der Waals surface area contributed by atoms with Crippen molar-refractivity contribution in [2.75, 3.05) is 11.9 Å². The molecule has 134 valence electrons. The minimum atomic E-state index is -0.557. The first-order valence-electron chi connectivity index (χ1n) is 7.09. The van der Waals surface area contributed by atoms with Crippen molar-refractivity contribution < 1.29 is 18.8 Å². The molecule has 1 fully saturated rings. The maximum Gasteiger partial charge on any atom is 0.294 e. The van der Waals surface area contributed by atoms with Gasteiger partial charge in [0.05, 0.1) is 20.1 Å². The summed E-state index contributed by atoms with van der Waals surface area (Å²) in [5, 5.41) is 2.41. The van der Waals surface area contributed by atoms with Crippen LogP contribution in [0.5, 0.6) is 0 Å². The Morgan fingerprint density at radius 3 is 2.69 bits per heavy atom. The SMILES string of the molecule is O=C(CN1C(=O)S/C(=C/c2cc(Br)c(Br)o2)C1=O)Nc1ccccc1Cl. The van der Waals surface area contributed by atoms with E-state index in [0.29, 0.717) is 25.6 Å². The van der Waals surface area contributed by atoms with Gasteiger partial charge in [-0.3, -0.25) is 19.3 Å². The van der Waals surface area contributed by atoms with Crippen LogP contribution < -0.4 is 5.32 Å². The molecule has 1 N–H and O–H groups in total. The molecule has 0 saturated carbocycles. The van der Waals surface area contributed by atoms with Gasteiger partial charge in [0.25, 0.3) is 11.1 Å². The van der Waals surface area contributed by atoms with Crippen LogP contribution in [0.1, 0.15) is 5.76 Å². The van der Waals surface area contributed by atoms with Gasteiger partial charge in [-0.25, -0.2) is 0 Å². The number of hydrogen-bond donors (Lipinski definition) is 1. The highest BCUT2D eigenvalue weighted by Gasteiger charge is 2.36. The molecule has 10 heteroatoms. The average molecular weight is 521 g/mol. The van der Waals surface area contributed by atoms with Gasteiger partial charge in [-0.05, 0) is 61.8 Å². The smallest absolute Gasteiger partial charge is 0.294 e. The van der Waals surface area contributed by atoms with E-state index in [1.54, 1.807) is 30.3 Å². The zero-order chi connectivity index (χ0) is 18.8. The largest absolute Gasteiger partial charge is 0.449 e. The van der Waals surface area contributed by atoms with E-state index in [0.717, 1.165) is 16.7 Å². The standard InChI is InChI=1S/C16H9Br2ClN2O4S/c17-9-5-8(25-14(9)18)6-12-15(23)21(16(24)26-12)7-13(22)20-11-4-2-1-3-10(11)19/h1-6H,7H2,(H,20,22)/b12-6+. The Morgan fingerprint density at radius 2 is 2.04 bits per heavy atom. The van der Waals surface area contributed by atoms with Gasteiger partial charge in [-0.1, -0.05) is 23.7 Å². The maximum atomic E-state index is 12.4. The zero-order valence-electron chi connectivity index (χ0n) is 12.8. The molecule has 0 unspecified atom stereocenters. The van der Waals surface area contributed by atoms with Crippen molar-refractivity contribution in [3.8, 4) is 0 Å². The summed E-state index contributed by atoms with van der Waals surface area (Å²) < 4.78 is 6.53. The van der Waals surface area contributed by atoms with Crippen LogP contribution in [0.25, 0.3) is 6.08 Å². The summed E-state index contributed by atoms with van der Waals surface area (Å²) in [5.41, 5.74) is 0.409. The molecule has 0 atom stereocenters. The number of amides is 3. The Kier molecular flexibility index (Phi) is 5.91. The summed E-state index contributed by atoms with van der Waals surface area (Å²) in [6, 6.07) is 8.34. The van der Waals surface area contributed by atoms with Gasteiger partial charge in [0.15, 0.2) is 4.67 Å². The Hall–Kier alpha value is -1.55. The van der Waals surface area contributed by atoms with Gasteiger partial charge in [0, 0.05) is 6.08 Å². The maximum absolute atomic E-state index is 12.4. The summed E-state index contributed by atoms with van der Waals surface area (Å²) in [6.07, 6.45) is 1.45. The van der Waals surface area contributed by atoms with Crippen LogP contribution in [0.2, 0.25) is 5.02 Å². The van der Waals surface area contributed by atoms with Crippen molar-refractivity contribution in [1.29, 1.82) is 0 Å². The van der Waals surface area contributed by atoms with Gasteiger partial charge in [-0.2, -0.15) is 0 Å². The minimum Gasteiger partial charge on any atom is -0.449 e. The fourth-order valence-electron chi connectivity index (χ4n) is 2.10. The second-order valence-electron chi connectivity index (χ2n) is 5.07. The van der Waals surface area contributed by atoms with Gasteiger partial charge in [0.2, 0.25) is 5.91 Å². The van der Waals surface area contributed by atoms with Crippen LogP contribution in [0, 0.1) is 0 Å². The first-order chi connectivity index (χ1) is 12.3. The lowest BCUT2D eigenvalue weighted by molar-refractivity contribution is -0.127. The Labute approximate surface area is 174 Å². The first-order valence-corrected chi connectivity index (χ1v) is 9.88. The van der Waals surface area contributed by atoms with Crippen LogP contribution >= 0.6 is 55.2 Å². The number of furan rings is 1. The van der Waals surface area contributed by atoms with E-state index in [9.17, 15) is 14.4 Å². The third-order valence-corrected chi connectivity index (χ3v) is 6.21. The van der Waals surface area contributed by atoms with Crippen molar-refractivity contribution in [2.45, 2.75) is 0 Å². The van der Waals surface area contributed by atoms with E-state index < -0.39 is 23.6 Å². The summed E-state index contributed by atoms with van der Waals surface area (Å²) in [7, 11) is 0. The number of carbonyl (C=O) groups is 3. The lowest BCUT2D eigenvalue weighted by Crippen LogP contribution is -2.36. The van der Waals surface area contributed by atoms with Crippen molar-refractivity contribution in [1.82, 2.24) is 4.90 Å². The average Bonchev–Trinajstić information content (AvgIpc) is 3.03. The van der Waals surface area contributed by atoms with Crippen LogP contribution in [0.3, 0.4) is 0 Å². The molecule has 6 nitrogen and oxygen atoms in total. The molecule has 0 bridgehead atoms. The fourth-order valence-corrected chi connectivity index (χ4v) is 3.71. The summed E-state index contributed by atoms with van der Waals surface area (Å²) in [6.45, 7) is -0.404. The summed E-state index contributed by atoms with van der Waals surface area (Å²) in [4.78, 5) is 37.7. The number of para-hydroxylation sites is 1. The lowest BCUT2D eigenvalue weighted by atomic mass is 10.3. The minimum absolute atomic E-state index is 0.175. The van der Waals surface area contributed by atoms with E-state index >= 15 is 0 Å². The van der Waals surface area contributed by atoms with Crippen LogP contribution in [-0.2, 0) is 9.59 Å². The highest BCUT2D eigenvalue weighted by Crippen LogP contribution is 2.34. The highest BCUT2D eigenvalue weighted by molar-refractivity contribution is 9.13. The molecule has 1 aliphatic rings. The molecule has 0 aliphatic carbocycles. The monoisotopic (exact) mass is 518 g/mol. The van der Waals surface area contributed by atoms with Gasteiger partial charge in [-0.15, -0.1) is 0 Å². The molecular weight excluding hydrogens is 512 g/mol. The fraction of sp³-hybridized carbons (Fsp3) is 0.0625. The second-order valence-corrected chi connectivity index (χ2v) is 8.04. The number of hydrogen-bond acceptors (Lipinski definition) is 5. The number of anilines is 1. The number of rotatable bonds is 4. The number of nitrogens with zero attached hydrogens (tertiary/aromatic N) is 1. The molecule has 1 aromatic carbocycles. The first kappa shape index (κ1) is 19.2. The van der Waals surface area contributed by atoms with E-state index in [2.05, 4.69) is 37.2 Å². The van der Waals surface area contributed by atoms with Crippen molar-refractivity contribution in [3.63, 3.8) is 0 Å². The third kappa shape index (κ3) is 4.22. The second kappa shape index (κ2) is 7.99. The topological polar surface area (TPSA) is 79.6 Å². The van der Waals surface area contributed by atoms with E-state index in [1.165, 1.54) is 6.08 Å². The normalized spacial score (nSPS) is 15.8. The molecule has 2 aromatic rings. The molecular formula is C16H9Br2ClN2O4S. The highest BCUT2D eigenvalue weighted by atomic mass is 79.9. The quantitative estimate of drug-likeness (QED) is 0.566. The molecule has 3 amide bonds. The summed E-state index contributed by atoms with van der Waals surface area (Å²) in [5.74, 6) is -0.683. The number of thioether (sulfide) groups is 1. The molecule has 2 heterocycles. The molecule has 0 spiro atoms. The predicted octanol–water partition coefficient (Wildman–Crippen LogP) is 5.13. The zero-order valence-corrected chi connectivity index (χ0v) is 17.5.